The predicted molar refractivity (Wildman–Crippen MR) is 67.4 cm³/mol. The molecule has 0 radical (unpaired) electrons. The number of hydrogen-bond acceptors (Lipinski definition) is 3. The second-order valence-electron chi connectivity index (χ2n) is 3.73. The Bertz CT molecular complexity index is 309. The number of ether oxygens (including phenoxy) is 1. The Hall–Kier alpha value is 0.1000. The van der Waals surface area contributed by atoms with Crippen molar-refractivity contribution in [3.8, 4) is 0 Å². The van der Waals surface area contributed by atoms with Gasteiger partial charge in [-0.3, -0.25) is 0 Å². The number of rotatable bonds is 4. The molecular formula is C11H16BrNOS. The van der Waals surface area contributed by atoms with Gasteiger partial charge in [0.25, 0.3) is 0 Å². The summed E-state index contributed by atoms with van der Waals surface area (Å²) in [6.45, 7) is 4.05. The highest BCUT2D eigenvalue weighted by molar-refractivity contribution is 9.11. The highest BCUT2D eigenvalue weighted by Crippen LogP contribution is 2.33. The van der Waals surface area contributed by atoms with Crippen molar-refractivity contribution in [1.82, 2.24) is 5.32 Å². The first-order valence-corrected chi connectivity index (χ1v) is 7.02. The molecule has 15 heavy (non-hydrogen) atoms. The molecule has 0 spiro atoms. The number of halogens is 1. The van der Waals surface area contributed by atoms with Crippen LogP contribution in [0.4, 0.5) is 0 Å². The van der Waals surface area contributed by atoms with Gasteiger partial charge in [-0.1, -0.05) is 6.92 Å². The van der Waals surface area contributed by atoms with E-state index >= 15 is 0 Å². The quantitative estimate of drug-likeness (QED) is 0.918. The van der Waals surface area contributed by atoms with Crippen molar-refractivity contribution in [3.05, 3.63) is 20.8 Å². The van der Waals surface area contributed by atoms with E-state index in [-0.39, 0.29) is 0 Å². The smallest absolute Gasteiger partial charge is 0.0778 e. The molecule has 84 valence electrons. The van der Waals surface area contributed by atoms with E-state index in [1.165, 1.54) is 21.5 Å². The SMILES string of the molecule is CCNC(c1ccc(Br)s1)C1CCCO1. The minimum Gasteiger partial charge on any atom is -0.376 e. The molecule has 0 amide bonds. The summed E-state index contributed by atoms with van der Waals surface area (Å²) in [5.41, 5.74) is 0. The molecule has 0 aromatic carbocycles. The van der Waals surface area contributed by atoms with Crippen LogP contribution in [0.3, 0.4) is 0 Å². The first kappa shape index (κ1) is 11.6. The summed E-state index contributed by atoms with van der Waals surface area (Å²) in [5.74, 6) is 0. The Morgan fingerprint density at radius 3 is 3.07 bits per heavy atom. The molecule has 2 nitrogen and oxygen atoms in total. The zero-order valence-electron chi connectivity index (χ0n) is 8.83. The van der Waals surface area contributed by atoms with Gasteiger partial charge in [-0.2, -0.15) is 0 Å². The Morgan fingerprint density at radius 1 is 1.67 bits per heavy atom. The van der Waals surface area contributed by atoms with E-state index in [1.807, 2.05) is 0 Å². The summed E-state index contributed by atoms with van der Waals surface area (Å²) in [7, 11) is 0. The van der Waals surface area contributed by atoms with E-state index < -0.39 is 0 Å². The lowest BCUT2D eigenvalue weighted by molar-refractivity contribution is 0.0798. The average molecular weight is 290 g/mol. The van der Waals surface area contributed by atoms with Gasteiger partial charge in [-0.05, 0) is 47.4 Å². The van der Waals surface area contributed by atoms with Gasteiger partial charge < -0.3 is 10.1 Å². The molecule has 1 saturated heterocycles. The summed E-state index contributed by atoms with van der Waals surface area (Å²) in [5, 5.41) is 3.52. The third-order valence-electron chi connectivity index (χ3n) is 2.66. The van der Waals surface area contributed by atoms with Gasteiger partial charge >= 0.3 is 0 Å². The van der Waals surface area contributed by atoms with E-state index in [2.05, 4.69) is 40.3 Å². The molecule has 4 heteroatoms. The van der Waals surface area contributed by atoms with Gasteiger partial charge in [0.2, 0.25) is 0 Å². The topological polar surface area (TPSA) is 21.3 Å². The summed E-state index contributed by atoms with van der Waals surface area (Å²) in [6, 6.07) is 4.66. The molecule has 2 atom stereocenters. The standard InChI is InChI=1S/C11H16BrNOS/c1-2-13-11(8-4-3-7-14-8)9-5-6-10(12)15-9/h5-6,8,11,13H,2-4,7H2,1H3. The van der Waals surface area contributed by atoms with Crippen LogP contribution in [0.5, 0.6) is 0 Å². The maximum Gasteiger partial charge on any atom is 0.0778 e. The largest absolute Gasteiger partial charge is 0.376 e. The molecule has 1 fully saturated rings. The molecular weight excluding hydrogens is 274 g/mol. The minimum atomic E-state index is 0.357. The maximum absolute atomic E-state index is 5.76. The lowest BCUT2D eigenvalue weighted by Crippen LogP contribution is -2.30. The number of hydrogen-bond donors (Lipinski definition) is 1. The zero-order chi connectivity index (χ0) is 10.7. The summed E-state index contributed by atoms with van der Waals surface area (Å²) < 4.78 is 6.95. The Morgan fingerprint density at radius 2 is 2.53 bits per heavy atom. The van der Waals surface area contributed by atoms with Crippen LogP contribution >= 0.6 is 27.3 Å². The van der Waals surface area contributed by atoms with Crippen molar-refractivity contribution in [2.24, 2.45) is 0 Å². The van der Waals surface area contributed by atoms with Gasteiger partial charge in [0.05, 0.1) is 15.9 Å². The van der Waals surface area contributed by atoms with E-state index in [1.54, 1.807) is 11.3 Å². The fourth-order valence-electron chi connectivity index (χ4n) is 2.00. The van der Waals surface area contributed by atoms with Gasteiger partial charge in [-0.25, -0.2) is 0 Å². The van der Waals surface area contributed by atoms with Crippen LogP contribution in [-0.4, -0.2) is 19.3 Å². The van der Waals surface area contributed by atoms with Crippen LogP contribution in [0.1, 0.15) is 30.7 Å². The lowest BCUT2D eigenvalue weighted by atomic mass is 10.1. The molecule has 0 bridgehead atoms. The van der Waals surface area contributed by atoms with Gasteiger partial charge in [0.1, 0.15) is 0 Å². The highest BCUT2D eigenvalue weighted by Gasteiger charge is 2.27. The number of thiophene rings is 1. The highest BCUT2D eigenvalue weighted by atomic mass is 79.9. The van der Waals surface area contributed by atoms with Crippen LogP contribution in [0.25, 0.3) is 0 Å². The molecule has 2 rings (SSSR count). The fraction of sp³-hybridized carbons (Fsp3) is 0.636. The van der Waals surface area contributed by atoms with Gasteiger partial charge in [0, 0.05) is 11.5 Å². The molecule has 2 unspecified atom stereocenters. The summed E-state index contributed by atoms with van der Waals surface area (Å²) in [6.07, 6.45) is 2.72. The summed E-state index contributed by atoms with van der Waals surface area (Å²) >= 11 is 5.31. The maximum atomic E-state index is 5.76. The normalized spacial score (nSPS) is 23.2. The third-order valence-corrected chi connectivity index (χ3v) is 4.37. The number of nitrogens with one attached hydrogen (secondary N) is 1. The zero-order valence-corrected chi connectivity index (χ0v) is 11.2. The van der Waals surface area contributed by atoms with Gasteiger partial charge in [-0.15, -0.1) is 11.3 Å². The Labute approximate surface area is 103 Å². The first-order valence-electron chi connectivity index (χ1n) is 5.41. The van der Waals surface area contributed by atoms with E-state index in [9.17, 15) is 0 Å². The second-order valence-corrected chi connectivity index (χ2v) is 6.22. The molecule has 1 aromatic rings. The summed E-state index contributed by atoms with van der Waals surface area (Å²) in [4.78, 5) is 1.37. The Kier molecular flexibility index (Phi) is 4.20. The molecule has 1 N–H and O–H groups in total. The Balaban J connectivity index is 2.11. The average Bonchev–Trinajstić information content (AvgIpc) is 2.85. The number of likely N-dealkylation sites (N-methyl/N-ethyl adjacent to an activating group) is 1. The van der Waals surface area contributed by atoms with Crippen molar-refractivity contribution in [2.75, 3.05) is 13.2 Å². The van der Waals surface area contributed by atoms with Crippen molar-refractivity contribution in [1.29, 1.82) is 0 Å². The third kappa shape index (κ3) is 2.81. The molecule has 0 aliphatic carbocycles. The van der Waals surface area contributed by atoms with Crippen LogP contribution < -0.4 is 5.32 Å². The molecule has 1 aromatic heterocycles. The van der Waals surface area contributed by atoms with Crippen LogP contribution in [0, 0.1) is 0 Å². The molecule has 2 heterocycles. The van der Waals surface area contributed by atoms with Crippen molar-refractivity contribution in [2.45, 2.75) is 31.9 Å². The predicted octanol–water partition coefficient (Wildman–Crippen LogP) is 3.34. The van der Waals surface area contributed by atoms with E-state index in [4.69, 9.17) is 4.74 Å². The first-order chi connectivity index (χ1) is 7.31. The monoisotopic (exact) mass is 289 g/mol. The van der Waals surface area contributed by atoms with Crippen LogP contribution in [0.15, 0.2) is 15.9 Å². The van der Waals surface area contributed by atoms with Crippen molar-refractivity contribution >= 4 is 27.3 Å². The van der Waals surface area contributed by atoms with E-state index in [0.29, 0.717) is 12.1 Å². The molecule has 1 aliphatic heterocycles. The van der Waals surface area contributed by atoms with Crippen LogP contribution in [0.2, 0.25) is 0 Å². The molecule has 0 saturated carbocycles. The van der Waals surface area contributed by atoms with Gasteiger partial charge in [0.15, 0.2) is 0 Å². The molecule has 1 aliphatic rings. The second kappa shape index (κ2) is 5.43. The van der Waals surface area contributed by atoms with Crippen molar-refractivity contribution in [3.63, 3.8) is 0 Å². The fourth-order valence-corrected chi connectivity index (χ4v) is 3.55. The van der Waals surface area contributed by atoms with Crippen LogP contribution in [-0.2, 0) is 4.74 Å². The van der Waals surface area contributed by atoms with E-state index in [0.717, 1.165) is 13.2 Å². The minimum absolute atomic E-state index is 0.357. The van der Waals surface area contributed by atoms with Crippen molar-refractivity contribution < 1.29 is 4.74 Å². The lowest BCUT2D eigenvalue weighted by Gasteiger charge is -2.22.